The van der Waals surface area contributed by atoms with Crippen molar-refractivity contribution in [1.29, 1.82) is 0 Å². The number of likely N-dealkylation sites (N-methyl/N-ethyl adjacent to an activating group) is 1. The maximum Gasteiger partial charge on any atom is 0.284 e. The lowest BCUT2D eigenvalue weighted by atomic mass is 9.89. The van der Waals surface area contributed by atoms with Crippen LogP contribution in [0.25, 0.3) is 0 Å². The highest BCUT2D eigenvalue weighted by molar-refractivity contribution is 7.83. The Bertz CT molecular complexity index is 1190. The van der Waals surface area contributed by atoms with Crippen LogP contribution in [-0.2, 0) is 28.7 Å². The second-order valence-electron chi connectivity index (χ2n) is 9.38. The van der Waals surface area contributed by atoms with E-state index in [1.807, 2.05) is 7.05 Å². The molecule has 4 rings (SSSR count). The SMILES string of the molecule is CN1CCc2nc(C(=O)N[C@@H]3C[C@@H](S(=O)N(C)C)CC[C@@H]3NC(=S)C(=O)Nc3ccc(F)cn3)sc2C1. The van der Waals surface area contributed by atoms with Gasteiger partial charge in [0.1, 0.15) is 11.6 Å². The van der Waals surface area contributed by atoms with Crippen LogP contribution in [0, 0.1) is 5.82 Å². The van der Waals surface area contributed by atoms with Gasteiger partial charge in [-0.05, 0) is 52.5 Å². The van der Waals surface area contributed by atoms with Gasteiger partial charge >= 0.3 is 0 Å². The highest BCUT2D eigenvalue weighted by Crippen LogP contribution is 2.27. The number of aromatic nitrogens is 2. The van der Waals surface area contributed by atoms with E-state index in [1.165, 1.54) is 23.5 Å². The number of amides is 2. The molecule has 200 valence electrons. The average molecular weight is 568 g/mol. The number of carbonyl (C=O) groups is 2. The Balaban J connectivity index is 1.45. The lowest BCUT2D eigenvalue weighted by Crippen LogP contribution is -2.57. The second kappa shape index (κ2) is 12.0. The summed E-state index contributed by atoms with van der Waals surface area (Å²) in [6, 6.07) is 1.75. The Hall–Kier alpha value is -2.39. The average Bonchev–Trinajstić information content (AvgIpc) is 3.29. The van der Waals surface area contributed by atoms with Crippen LogP contribution in [0.1, 0.15) is 39.6 Å². The molecule has 1 fully saturated rings. The summed E-state index contributed by atoms with van der Waals surface area (Å²) in [5, 5.41) is 8.92. The van der Waals surface area contributed by atoms with Crippen molar-refractivity contribution < 1.29 is 18.2 Å². The van der Waals surface area contributed by atoms with Crippen molar-refractivity contribution in [3.8, 4) is 0 Å². The molecule has 1 aliphatic heterocycles. The predicted octanol–water partition coefficient (Wildman–Crippen LogP) is 1.47. The zero-order valence-electron chi connectivity index (χ0n) is 20.8. The van der Waals surface area contributed by atoms with E-state index in [9.17, 15) is 18.2 Å². The quantitative estimate of drug-likeness (QED) is 0.449. The summed E-state index contributed by atoms with van der Waals surface area (Å²) in [5.74, 6) is -1.22. The van der Waals surface area contributed by atoms with Gasteiger partial charge in [0, 0.05) is 30.4 Å². The zero-order valence-corrected chi connectivity index (χ0v) is 23.3. The molecule has 14 heteroatoms. The van der Waals surface area contributed by atoms with Crippen LogP contribution < -0.4 is 16.0 Å². The van der Waals surface area contributed by atoms with E-state index in [0.717, 1.165) is 36.3 Å². The summed E-state index contributed by atoms with van der Waals surface area (Å²) in [7, 11) is 4.34. The Morgan fingerprint density at radius 1 is 1.24 bits per heavy atom. The molecule has 0 saturated heterocycles. The van der Waals surface area contributed by atoms with Gasteiger partial charge in [0.2, 0.25) is 0 Å². The van der Waals surface area contributed by atoms with Gasteiger partial charge in [-0.1, -0.05) is 12.2 Å². The number of nitrogens with zero attached hydrogens (tertiary/aromatic N) is 4. The summed E-state index contributed by atoms with van der Waals surface area (Å²) in [5.41, 5.74) is 0.963. The number of anilines is 1. The Labute approximate surface area is 227 Å². The minimum Gasteiger partial charge on any atom is -0.367 e. The minimum absolute atomic E-state index is 0.0738. The Kier molecular flexibility index (Phi) is 8.95. The molecular weight excluding hydrogens is 537 g/mol. The van der Waals surface area contributed by atoms with E-state index in [-0.39, 0.29) is 28.0 Å². The predicted molar refractivity (Wildman–Crippen MR) is 145 cm³/mol. The molecule has 2 aliphatic rings. The van der Waals surface area contributed by atoms with Crippen LogP contribution in [0.4, 0.5) is 10.2 Å². The van der Waals surface area contributed by atoms with Crippen LogP contribution in [0.3, 0.4) is 0 Å². The molecule has 2 aromatic heterocycles. The highest BCUT2D eigenvalue weighted by Gasteiger charge is 2.36. The molecule has 3 heterocycles. The lowest BCUT2D eigenvalue weighted by molar-refractivity contribution is -0.110. The first-order chi connectivity index (χ1) is 17.6. The van der Waals surface area contributed by atoms with Crippen molar-refractivity contribution in [3.63, 3.8) is 0 Å². The maximum atomic E-state index is 13.2. The number of hydrogen-bond donors (Lipinski definition) is 3. The molecule has 1 saturated carbocycles. The van der Waals surface area contributed by atoms with Crippen LogP contribution >= 0.6 is 23.6 Å². The summed E-state index contributed by atoms with van der Waals surface area (Å²) in [4.78, 5) is 37.4. The first-order valence-corrected chi connectivity index (χ1v) is 14.3. The van der Waals surface area contributed by atoms with Crippen molar-refractivity contribution in [3.05, 3.63) is 39.7 Å². The number of thiocarbonyl (C=S) groups is 1. The van der Waals surface area contributed by atoms with Crippen molar-refractivity contribution in [2.45, 2.75) is 49.6 Å². The number of rotatable bonds is 6. The van der Waals surface area contributed by atoms with E-state index in [4.69, 9.17) is 12.2 Å². The fourth-order valence-corrected chi connectivity index (χ4v) is 7.05. The van der Waals surface area contributed by atoms with Gasteiger partial charge in [0.05, 0.1) is 34.2 Å². The van der Waals surface area contributed by atoms with Crippen LogP contribution in [0.15, 0.2) is 18.3 Å². The standard InChI is InChI=1S/C23H30FN7O3S3/c1-30(2)37(34)14-5-6-15(27-22(35)20(32)29-19-7-4-13(24)11-25-19)17(10-14)26-21(33)23-28-16-8-9-31(3)12-18(16)36-23/h4,7,11,14-15,17H,5-6,8-10,12H2,1-3H3,(H,26,33)(H,27,35)(H,25,29,32)/t14-,15-,17+,37?/m0/s1. The number of hydrogen-bond acceptors (Lipinski definition) is 8. The number of halogens is 1. The van der Waals surface area contributed by atoms with Gasteiger partial charge in [-0.3, -0.25) is 9.59 Å². The van der Waals surface area contributed by atoms with Crippen molar-refractivity contribution >= 4 is 57.2 Å². The molecule has 0 bridgehead atoms. The Morgan fingerprint density at radius 3 is 2.73 bits per heavy atom. The largest absolute Gasteiger partial charge is 0.367 e. The van der Waals surface area contributed by atoms with E-state index < -0.39 is 28.8 Å². The topological polar surface area (TPSA) is 120 Å². The van der Waals surface area contributed by atoms with E-state index >= 15 is 0 Å². The van der Waals surface area contributed by atoms with Crippen molar-refractivity contribution in [2.75, 3.05) is 33.0 Å². The van der Waals surface area contributed by atoms with Crippen LogP contribution in [0.2, 0.25) is 0 Å². The molecule has 37 heavy (non-hydrogen) atoms. The summed E-state index contributed by atoms with van der Waals surface area (Å²) in [6.07, 6.45) is 3.44. The summed E-state index contributed by atoms with van der Waals surface area (Å²) >= 11 is 6.71. The van der Waals surface area contributed by atoms with Crippen molar-refractivity contribution in [1.82, 2.24) is 29.8 Å². The van der Waals surface area contributed by atoms with E-state index in [0.29, 0.717) is 24.3 Å². The van der Waals surface area contributed by atoms with Crippen LogP contribution in [-0.4, -0.2) is 85.2 Å². The smallest absolute Gasteiger partial charge is 0.284 e. The van der Waals surface area contributed by atoms with Crippen LogP contribution in [0.5, 0.6) is 0 Å². The van der Waals surface area contributed by atoms with Crippen molar-refractivity contribution in [2.24, 2.45) is 0 Å². The monoisotopic (exact) mass is 567 g/mol. The summed E-state index contributed by atoms with van der Waals surface area (Å²) < 4.78 is 27.6. The zero-order chi connectivity index (χ0) is 26.7. The van der Waals surface area contributed by atoms with Gasteiger partial charge in [0.25, 0.3) is 11.8 Å². The third-order valence-electron chi connectivity index (χ3n) is 6.37. The lowest BCUT2D eigenvalue weighted by Gasteiger charge is -2.37. The Morgan fingerprint density at radius 2 is 2.03 bits per heavy atom. The number of nitrogens with one attached hydrogen (secondary N) is 3. The molecule has 3 N–H and O–H groups in total. The van der Waals surface area contributed by atoms with Gasteiger partial charge in [-0.15, -0.1) is 11.3 Å². The fourth-order valence-electron chi connectivity index (χ4n) is 4.45. The second-order valence-corrected chi connectivity index (χ2v) is 12.8. The molecule has 2 amide bonds. The highest BCUT2D eigenvalue weighted by atomic mass is 32.2. The van der Waals surface area contributed by atoms with E-state index in [1.54, 1.807) is 18.4 Å². The molecule has 2 aromatic rings. The first kappa shape index (κ1) is 27.6. The normalized spacial score (nSPS) is 22.7. The first-order valence-electron chi connectivity index (χ1n) is 11.9. The summed E-state index contributed by atoms with van der Waals surface area (Å²) in [6.45, 7) is 1.67. The number of thiazole rings is 1. The third kappa shape index (κ3) is 6.93. The number of fused-ring (bicyclic) bond motifs is 1. The molecule has 1 aliphatic carbocycles. The molecule has 10 nitrogen and oxygen atoms in total. The number of pyridine rings is 1. The maximum absolute atomic E-state index is 13.2. The number of carbonyl (C=O) groups excluding carboxylic acids is 2. The molecular formula is C23H30FN7O3S3. The molecule has 0 spiro atoms. The van der Waals surface area contributed by atoms with Gasteiger partial charge < -0.3 is 20.9 Å². The molecule has 1 unspecified atom stereocenters. The molecule has 0 radical (unpaired) electrons. The van der Waals surface area contributed by atoms with E-state index in [2.05, 4.69) is 30.8 Å². The minimum atomic E-state index is -1.22. The van der Waals surface area contributed by atoms with Gasteiger partial charge in [-0.25, -0.2) is 22.9 Å². The fraction of sp³-hybridized carbons (Fsp3) is 0.522. The van der Waals surface area contributed by atoms with Gasteiger partial charge in [0.15, 0.2) is 10.00 Å². The van der Waals surface area contributed by atoms with Gasteiger partial charge in [-0.2, -0.15) is 0 Å². The molecule has 4 atom stereocenters. The molecule has 0 aromatic carbocycles. The third-order valence-corrected chi connectivity index (χ3v) is 9.47.